The molecule has 1 aromatic carbocycles. The summed E-state index contributed by atoms with van der Waals surface area (Å²) in [6, 6.07) is 7.48. The van der Waals surface area contributed by atoms with Crippen LogP contribution < -0.4 is 10.1 Å². The molecule has 3 fully saturated rings. The van der Waals surface area contributed by atoms with Crippen molar-refractivity contribution in [3.63, 3.8) is 0 Å². The van der Waals surface area contributed by atoms with Gasteiger partial charge in [-0.25, -0.2) is 0 Å². The summed E-state index contributed by atoms with van der Waals surface area (Å²) in [5.74, 6) is 3.02. The number of carbonyl (C=O) groups excluding carboxylic acids is 1. The molecule has 0 radical (unpaired) electrons. The third kappa shape index (κ3) is 2.72. The van der Waals surface area contributed by atoms with Crippen LogP contribution in [-0.2, 0) is 4.79 Å². The summed E-state index contributed by atoms with van der Waals surface area (Å²) in [5, 5.41) is 3.04. The minimum atomic E-state index is -0.488. The van der Waals surface area contributed by atoms with Crippen molar-refractivity contribution in [1.29, 1.82) is 0 Å². The van der Waals surface area contributed by atoms with Crippen LogP contribution in [0.25, 0.3) is 0 Å². The Balaban J connectivity index is 1.36. The van der Waals surface area contributed by atoms with Crippen LogP contribution in [0.4, 0.5) is 5.69 Å². The van der Waals surface area contributed by atoms with Gasteiger partial charge in [-0.2, -0.15) is 0 Å². The van der Waals surface area contributed by atoms with Crippen LogP contribution in [0.1, 0.15) is 25.7 Å². The number of fused-ring (bicyclic) bond motifs is 2. The number of rotatable bonds is 3. The second kappa shape index (κ2) is 5.56. The van der Waals surface area contributed by atoms with E-state index in [4.69, 9.17) is 27.9 Å². The Bertz CT molecular complexity index is 594. The summed E-state index contributed by atoms with van der Waals surface area (Å²) < 4.78 is 4.65. The Labute approximate surface area is 146 Å². The molecule has 0 saturated heterocycles. The molecule has 1 amide bonds. The maximum Gasteiger partial charge on any atom is 0.228 e. The van der Waals surface area contributed by atoms with Gasteiger partial charge in [0.15, 0.2) is 0 Å². The van der Waals surface area contributed by atoms with Crippen molar-refractivity contribution in [2.75, 3.05) is 12.4 Å². The van der Waals surface area contributed by atoms with Crippen molar-refractivity contribution in [2.24, 2.45) is 29.6 Å². The summed E-state index contributed by atoms with van der Waals surface area (Å²) in [6.45, 7) is 0. The zero-order valence-corrected chi connectivity index (χ0v) is 14.6. The number of amides is 1. The van der Waals surface area contributed by atoms with E-state index in [-0.39, 0.29) is 11.8 Å². The highest BCUT2D eigenvalue weighted by molar-refractivity contribution is 6.51. The fourth-order valence-corrected chi connectivity index (χ4v) is 5.43. The number of anilines is 1. The fourth-order valence-electron chi connectivity index (χ4n) is 4.51. The van der Waals surface area contributed by atoms with Crippen LogP contribution in [-0.4, -0.2) is 17.4 Å². The first kappa shape index (κ1) is 15.6. The highest BCUT2D eigenvalue weighted by Crippen LogP contribution is 2.67. The van der Waals surface area contributed by atoms with E-state index >= 15 is 0 Å². The van der Waals surface area contributed by atoms with Gasteiger partial charge in [-0.1, -0.05) is 0 Å². The monoisotopic (exact) mass is 353 g/mol. The molecule has 3 aliphatic carbocycles. The first-order valence-electron chi connectivity index (χ1n) is 8.35. The molecule has 5 atom stereocenters. The second-order valence-electron chi connectivity index (χ2n) is 7.11. The Kier molecular flexibility index (Phi) is 3.77. The van der Waals surface area contributed by atoms with Gasteiger partial charge >= 0.3 is 0 Å². The predicted octanol–water partition coefficient (Wildman–Crippen LogP) is 4.49. The average Bonchev–Trinajstić information content (AvgIpc) is 3.33. The first-order chi connectivity index (χ1) is 11.0. The highest BCUT2D eigenvalue weighted by Gasteiger charge is 2.65. The minimum absolute atomic E-state index is 0.156. The van der Waals surface area contributed by atoms with E-state index in [1.54, 1.807) is 7.11 Å². The van der Waals surface area contributed by atoms with Gasteiger partial charge in [0, 0.05) is 11.6 Å². The van der Waals surface area contributed by atoms with Gasteiger partial charge in [0.1, 0.15) is 10.1 Å². The molecule has 1 N–H and O–H groups in total. The summed E-state index contributed by atoms with van der Waals surface area (Å²) in [5.41, 5.74) is 0.832. The molecule has 3 aliphatic rings. The van der Waals surface area contributed by atoms with Gasteiger partial charge < -0.3 is 10.1 Å². The molecule has 0 bridgehead atoms. The largest absolute Gasteiger partial charge is 0.497 e. The van der Waals surface area contributed by atoms with Crippen LogP contribution >= 0.6 is 23.2 Å². The van der Waals surface area contributed by atoms with Crippen LogP contribution in [0, 0.1) is 29.6 Å². The van der Waals surface area contributed by atoms with E-state index in [9.17, 15) is 4.79 Å². The molecule has 0 spiro atoms. The third-order valence-electron chi connectivity index (χ3n) is 5.98. The molecular formula is C18H21Cl2NO2. The normalized spacial score (nSPS) is 36.7. The number of methoxy groups -OCH3 is 1. The van der Waals surface area contributed by atoms with Gasteiger partial charge in [-0.15, -0.1) is 23.2 Å². The summed E-state index contributed by atoms with van der Waals surface area (Å²) in [7, 11) is 1.63. The summed E-state index contributed by atoms with van der Waals surface area (Å²) in [4.78, 5) is 12.5. The van der Waals surface area contributed by atoms with E-state index in [2.05, 4.69) is 5.32 Å². The smallest absolute Gasteiger partial charge is 0.228 e. The standard InChI is InChI=1S/C18H21Cl2NO2/c1-23-11-4-2-10(3-5-11)21-17(22)16-12-6-8-14-15(18(14,19)20)9-7-13(12)16/h2-5,12-16H,6-9H2,1H3,(H,21,22)/t12-,13-,14-,15+,16?/m1/s1. The third-order valence-corrected chi connectivity index (χ3v) is 7.10. The lowest BCUT2D eigenvalue weighted by Crippen LogP contribution is -2.15. The molecule has 3 saturated carbocycles. The molecule has 0 aromatic heterocycles. The van der Waals surface area contributed by atoms with Gasteiger partial charge in [0.05, 0.1) is 7.11 Å². The Morgan fingerprint density at radius 2 is 1.65 bits per heavy atom. The van der Waals surface area contributed by atoms with E-state index in [0.717, 1.165) is 37.1 Å². The van der Waals surface area contributed by atoms with Crippen molar-refractivity contribution in [3.8, 4) is 5.75 Å². The first-order valence-corrected chi connectivity index (χ1v) is 9.10. The fraction of sp³-hybridized carbons (Fsp3) is 0.611. The van der Waals surface area contributed by atoms with Crippen molar-refractivity contribution >= 4 is 34.8 Å². The molecule has 124 valence electrons. The van der Waals surface area contributed by atoms with Crippen LogP contribution in [0.2, 0.25) is 0 Å². The topological polar surface area (TPSA) is 38.3 Å². The highest BCUT2D eigenvalue weighted by atomic mass is 35.5. The van der Waals surface area contributed by atoms with Gasteiger partial charge in [0.25, 0.3) is 0 Å². The summed E-state index contributed by atoms with van der Waals surface area (Å²) in [6.07, 6.45) is 4.28. The maximum atomic E-state index is 12.5. The molecule has 1 aromatic rings. The summed E-state index contributed by atoms with van der Waals surface area (Å²) >= 11 is 12.7. The van der Waals surface area contributed by atoms with E-state index in [1.165, 1.54) is 0 Å². The van der Waals surface area contributed by atoms with Crippen LogP contribution in [0.3, 0.4) is 0 Å². The predicted molar refractivity (Wildman–Crippen MR) is 92.0 cm³/mol. The molecule has 0 heterocycles. The van der Waals surface area contributed by atoms with E-state index < -0.39 is 4.33 Å². The van der Waals surface area contributed by atoms with Crippen molar-refractivity contribution in [2.45, 2.75) is 30.0 Å². The zero-order chi connectivity index (χ0) is 16.2. The molecule has 5 heteroatoms. The van der Waals surface area contributed by atoms with Crippen LogP contribution in [0.5, 0.6) is 5.75 Å². The van der Waals surface area contributed by atoms with Gasteiger partial charge in [-0.3, -0.25) is 4.79 Å². The molecule has 1 unspecified atom stereocenters. The number of ether oxygens (including phenoxy) is 1. The lowest BCUT2D eigenvalue weighted by Gasteiger charge is -2.06. The van der Waals surface area contributed by atoms with Crippen LogP contribution in [0.15, 0.2) is 24.3 Å². The Morgan fingerprint density at radius 1 is 1.09 bits per heavy atom. The number of alkyl halides is 2. The Hall–Kier alpha value is -0.930. The van der Waals surface area contributed by atoms with Gasteiger partial charge in [0.2, 0.25) is 5.91 Å². The molecular weight excluding hydrogens is 333 g/mol. The SMILES string of the molecule is COc1ccc(NC(=O)C2[C@@H]3CC[C@@H]4[C@H](CC[C@@H]23)C4(Cl)Cl)cc1. The van der Waals surface area contributed by atoms with Gasteiger partial charge in [-0.05, 0) is 73.6 Å². The quantitative estimate of drug-likeness (QED) is 0.813. The van der Waals surface area contributed by atoms with E-state index in [1.807, 2.05) is 24.3 Å². The Morgan fingerprint density at radius 3 is 2.17 bits per heavy atom. The molecule has 23 heavy (non-hydrogen) atoms. The number of hydrogen-bond donors (Lipinski definition) is 1. The molecule has 0 aliphatic heterocycles. The number of benzene rings is 1. The van der Waals surface area contributed by atoms with E-state index in [0.29, 0.717) is 23.7 Å². The van der Waals surface area contributed by atoms with Crippen molar-refractivity contribution in [3.05, 3.63) is 24.3 Å². The average molecular weight is 354 g/mol. The van der Waals surface area contributed by atoms with Crippen molar-refractivity contribution in [1.82, 2.24) is 0 Å². The second-order valence-corrected chi connectivity index (χ2v) is 8.56. The lowest BCUT2D eigenvalue weighted by atomic mass is 10.0. The minimum Gasteiger partial charge on any atom is -0.497 e. The molecule has 4 rings (SSSR count). The zero-order valence-electron chi connectivity index (χ0n) is 13.1. The maximum absolute atomic E-state index is 12.5. The lowest BCUT2D eigenvalue weighted by molar-refractivity contribution is -0.117. The number of halogens is 2. The van der Waals surface area contributed by atoms with Crippen molar-refractivity contribution < 1.29 is 9.53 Å². The number of hydrogen-bond acceptors (Lipinski definition) is 2. The number of carbonyl (C=O) groups is 1. The molecule has 3 nitrogen and oxygen atoms in total. The number of nitrogens with one attached hydrogen (secondary N) is 1.